The molecule has 3 rings (SSSR count). The summed E-state index contributed by atoms with van der Waals surface area (Å²) in [4.78, 5) is 23.9. The number of anilines is 1. The molecule has 0 saturated heterocycles. The zero-order valence-electron chi connectivity index (χ0n) is 12.6. The van der Waals surface area contributed by atoms with Crippen LogP contribution in [0.1, 0.15) is 38.2 Å². The molecule has 21 heavy (non-hydrogen) atoms. The molecule has 2 aromatic rings. The second-order valence-corrected chi connectivity index (χ2v) is 6.29. The van der Waals surface area contributed by atoms with Crippen LogP contribution in [-0.2, 0) is 0 Å². The second kappa shape index (κ2) is 5.47. The topological polar surface area (TPSA) is 46.2 Å². The van der Waals surface area contributed by atoms with Gasteiger partial charge in [0.1, 0.15) is 0 Å². The molecule has 3 heteroatoms. The van der Waals surface area contributed by atoms with E-state index in [0.717, 1.165) is 17.5 Å². The van der Waals surface area contributed by atoms with E-state index in [2.05, 4.69) is 12.2 Å². The van der Waals surface area contributed by atoms with Crippen LogP contribution in [-0.4, -0.2) is 6.04 Å². The lowest BCUT2D eigenvalue weighted by atomic mass is 9.85. The Labute approximate surface area is 124 Å². The number of nitrogens with one attached hydrogen (secondary N) is 1. The van der Waals surface area contributed by atoms with E-state index in [1.807, 2.05) is 31.2 Å². The average molecular weight is 283 g/mol. The fourth-order valence-corrected chi connectivity index (χ4v) is 3.24. The van der Waals surface area contributed by atoms with E-state index in [0.29, 0.717) is 23.2 Å². The molecule has 0 amide bonds. The van der Waals surface area contributed by atoms with Crippen LogP contribution in [0.25, 0.3) is 11.1 Å². The third-order valence-corrected chi connectivity index (χ3v) is 4.69. The van der Waals surface area contributed by atoms with Crippen molar-refractivity contribution in [2.24, 2.45) is 5.92 Å². The normalized spacial score (nSPS) is 22.4. The fraction of sp³-hybridized carbons (Fsp3) is 0.444. The summed E-state index contributed by atoms with van der Waals surface area (Å²) < 4.78 is 0. The Hall–Kier alpha value is -1.90. The molecule has 1 aliphatic rings. The first kappa shape index (κ1) is 14.1. The van der Waals surface area contributed by atoms with Crippen LogP contribution in [0, 0.1) is 12.8 Å². The summed E-state index contributed by atoms with van der Waals surface area (Å²) in [5.74, 6) is 0.550. The predicted molar refractivity (Wildman–Crippen MR) is 86.6 cm³/mol. The molecule has 1 N–H and O–H groups in total. The summed E-state index contributed by atoms with van der Waals surface area (Å²) in [6.07, 6.45) is 4.72. The molecule has 0 spiro atoms. The van der Waals surface area contributed by atoms with Gasteiger partial charge in [0, 0.05) is 6.04 Å². The molecule has 0 heterocycles. The molecule has 1 fully saturated rings. The zero-order valence-corrected chi connectivity index (χ0v) is 12.6. The Morgan fingerprint density at radius 3 is 2.33 bits per heavy atom. The van der Waals surface area contributed by atoms with Gasteiger partial charge in [-0.3, -0.25) is 9.59 Å². The summed E-state index contributed by atoms with van der Waals surface area (Å²) >= 11 is 0. The largest absolute Gasteiger partial charge is 0.378 e. The Bertz CT molecular complexity index is 708. The van der Waals surface area contributed by atoms with E-state index in [1.54, 1.807) is 0 Å². The van der Waals surface area contributed by atoms with Gasteiger partial charge in [0.15, 0.2) is 0 Å². The van der Waals surface area contributed by atoms with Crippen LogP contribution in [0.15, 0.2) is 33.9 Å². The molecular formula is C18H21NO2. The van der Waals surface area contributed by atoms with Crippen molar-refractivity contribution in [2.75, 3.05) is 5.32 Å². The van der Waals surface area contributed by atoms with Gasteiger partial charge in [0.2, 0.25) is 10.9 Å². The lowest BCUT2D eigenvalue weighted by Crippen LogP contribution is -2.41. The molecule has 0 aromatic heterocycles. The SMILES string of the molecule is Cc1ccc(-c2c(NC3CCCCC3C)c(=O)c2=O)cc1. The highest BCUT2D eigenvalue weighted by Gasteiger charge is 2.27. The number of aryl methyl sites for hydroxylation is 1. The van der Waals surface area contributed by atoms with Gasteiger partial charge in [-0.2, -0.15) is 0 Å². The predicted octanol–water partition coefficient (Wildman–Crippen LogP) is 3.25. The van der Waals surface area contributed by atoms with Gasteiger partial charge in [-0.25, -0.2) is 0 Å². The molecule has 0 radical (unpaired) electrons. The van der Waals surface area contributed by atoms with Crippen molar-refractivity contribution in [2.45, 2.75) is 45.6 Å². The monoisotopic (exact) mass is 283 g/mol. The molecule has 1 saturated carbocycles. The quantitative estimate of drug-likeness (QED) is 0.880. The van der Waals surface area contributed by atoms with Crippen molar-refractivity contribution in [3.05, 3.63) is 50.3 Å². The summed E-state index contributed by atoms with van der Waals surface area (Å²) in [5.41, 5.74) is 2.37. The van der Waals surface area contributed by atoms with Crippen molar-refractivity contribution in [3.8, 4) is 11.1 Å². The van der Waals surface area contributed by atoms with E-state index in [9.17, 15) is 9.59 Å². The lowest BCUT2D eigenvalue weighted by molar-refractivity contribution is 0.349. The highest BCUT2D eigenvalue weighted by Crippen LogP contribution is 2.30. The molecule has 2 aromatic carbocycles. The van der Waals surface area contributed by atoms with Crippen molar-refractivity contribution < 1.29 is 0 Å². The molecule has 1 aliphatic carbocycles. The summed E-state index contributed by atoms with van der Waals surface area (Å²) in [5, 5.41) is 3.36. The smallest absolute Gasteiger partial charge is 0.250 e. The van der Waals surface area contributed by atoms with Crippen LogP contribution in [0.2, 0.25) is 0 Å². The summed E-state index contributed by atoms with van der Waals surface area (Å²) in [6, 6.07) is 8.09. The Morgan fingerprint density at radius 1 is 1.00 bits per heavy atom. The van der Waals surface area contributed by atoms with Crippen molar-refractivity contribution in [3.63, 3.8) is 0 Å². The van der Waals surface area contributed by atoms with Crippen LogP contribution in [0.4, 0.5) is 5.69 Å². The molecular weight excluding hydrogens is 262 g/mol. The van der Waals surface area contributed by atoms with Crippen molar-refractivity contribution >= 4 is 5.69 Å². The highest BCUT2D eigenvalue weighted by molar-refractivity contribution is 5.82. The maximum Gasteiger partial charge on any atom is 0.250 e. The zero-order chi connectivity index (χ0) is 15.0. The third-order valence-electron chi connectivity index (χ3n) is 4.69. The summed E-state index contributed by atoms with van der Waals surface area (Å²) in [7, 11) is 0. The number of benzene rings is 1. The van der Waals surface area contributed by atoms with E-state index >= 15 is 0 Å². The Kier molecular flexibility index (Phi) is 3.66. The van der Waals surface area contributed by atoms with Gasteiger partial charge in [0.25, 0.3) is 0 Å². The number of hydrogen-bond acceptors (Lipinski definition) is 3. The molecule has 0 aliphatic heterocycles. The van der Waals surface area contributed by atoms with Gasteiger partial charge in [-0.15, -0.1) is 0 Å². The van der Waals surface area contributed by atoms with Gasteiger partial charge in [0.05, 0.1) is 11.3 Å². The highest BCUT2D eigenvalue weighted by atomic mass is 16.2. The fourth-order valence-electron chi connectivity index (χ4n) is 3.24. The van der Waals surface area contributed by atoms with Gasteiger partial charge in [-0.05, 0) is 31.2 Å². The minimum absolute atomic E-state index is 0.311. The molecule has 110 valence electrons. The minimum Gasteiger partial charge on any atom is -0.378 e. The van der Waals surface area contributed by atoms with E-state index in [4.69, 9.17) is 0 Å². The van der Waals surface area contributed by atoms with Crippen molar-refractivity contribution in [1.82, 2.24) is 0 Å². The molecule has 0 bridgehead atoms. The number of rotatable bonds is 3. The van der Waals surface area contributed by atoms with Crippen LogP contribution < -0.4 is 16.2 Å². The first-order valence-corrected chi connectivity index (χ1v) is 7.75. The van der Waals surface area contributed by atoms with Gasteiger partial charge >= 0.3 is 0 Å². The van der Waals surface area contributed by atoms with E-state index in [1.165, 1.54) is 19.3 Å². The van der Waals surface area contributed by atoms with Crippen LogP contribution >= 0.6 is 0 Å². The average Bonchev–Trinajstić information content (AvgIpc) is 2.50. The summed E-state index contributed by atoms with van der Waals surface area (Å²) in [6.45, 7) is 4.22. The number of hydrogen-bond donors (Lipinski definition) is 1. The second-order valence-electron chi connectivity index (χ2n) is 6.29. The lowest BCUT2D eigenvalue weighted by Gasteiger charge is -2.31. The van der Waals surface area contributed by atoms with E-state index < -0.39 is 0 Å². The first-order chi connectivity index (χ1) is 10.1. The standard InChI is InChI=1S/C18H21NO2/c1-11-7-9-13(10-8-11)15-16(18(21)17(15)20)19-14-6-4-3-5-12(14)2/h7-10,12,14,19H,3-6H2,1-2H3. The maximum atomic E-state index is 11.9. The Morgan fingerprint density at radius 2 is 1.67 bits per heavy atom. The van der Waals surface area contributed by atoms with Gasteiger partial charge in [-0.1, -0.05) is 49.6 Å². The van der Waals surface area contributed by atoms with Crippen LogP contribution in [0.3, 0.4) is 0 Å². The first-order valence-electron chi connectivity index (χ1n) is 7.75. The molecule has 2 unspecified atom stereocenters. The van der Waals surface area contributed by atoms with Crippen LogP contribution in [0.5, 0.6) is 0 Å². The minimum atomic E-state index is -0.358. The van der Waals surface area contributed by atoms with Gasteiger partial charge < -0.3 is 5.32 Å². The van der Waals surface area contributed by atoms with Crippen molar-refractivity contribution in [1.29, 1.82) is 0 Å². The Balaban J connectivity index is 1.90. The third kappa shape index (κ3) is 2.53. The molecule has 3 nitrogen and oxygen atoms in total. The van der Waals surface area contributed by atoms with E-state index in [-0.39, 0.29) is 10.9 Å². The molecule has 2 atom stereocenters. The maximum absolute atomic E-state index is 11.9.